The molecule has 0 spiro atoms. The van der Waals surface area contributed by atoms with Crippen molar-refractivity contribution in [2.45, 2.75) is 70.9 Å². The van der Waals surface area contributed by atoms with Gasteiger partial charge in [0.15, 0.2) is 0 Å². The highest BCUT2D eigenvalue weighted by Crippen LogP contribution is 2.37. The predicted molar refractivity (Wildman–Crippen MR) is 105 cm³/mol. The fraction of sp³-hybridized carbons (Fsp3) is 0.636. The lowest BCUT2D eigenvalue weighted by atomic mass is 9.84. The van der Waals surface area contributed by atoms with Crippen molar-refractivity contribution in [1.29, 1.82) is 0 Å². The SMILES string of the molecule is CCCCOCCn1cc(C2CCCCC2)c2ccc(COOC)cc21. The minimum atomic E-state index is 0.476. The van der Waals surface area contributed by atoms with E-state index in [-0.39, 0.29) is 0 Å². The molecule has 0 bridgehead atoms. The van der Waals surface area contributed by atoms with Gasteiger partial charge in [-0.05, 0) is 42.4 Å². The number of fused-ring (bicyclic) bond motifs is 1. The largest absolute Gasteiger partial charge is 0.380 e. The Morgan fingerprint density at radius 1 is 1.12 bits per heavy atom. The Kier molecular flexibility index (Phi) is 7.54. The molecule has 0 N–H and O–H groups in total. The molecule has 0 unspecified atom stereocenters. The van der Waals surface area contributed by atoms with Gasteiger partial charge in [-0.15, -0.1) is 0 Å². The van der Waals surface area contributed by atoms with E-state index >= 15 is 0 Å². The molecule has 1 aromatic carbocycles. The van der Waals surface area contributed by atoms with Gasteiger partial charge in [0.1, 0.15) is 6.61 Å². The van der Waals surface area contributed by atoms with Gasteiger partial charge in [-0.25, -0.2) is 9.78 Å². The van der Waals surface area contributed by atoms with Crippen LogP contribution in [0.3, 0.4) is 0 Å². The molecule has 4 nitrogen and oxygen atoms in total. The van der Waals surface area contributed by atoms with Crippen molar-refractivity contribution < 1.29 is 14.5 Å². The summed E-state index contributed by atoms with van der Waals surface area (Å²) in [5.41, 5.74) is 3.95. The van der Waals surface area contributed by atoms with Crippen LogP contribution in [0.15, 0.2) is 24.4 Å². The van der Waals surface area contributed by atoms with Gasteiger partial charge in [0, 0.05) is 30.3 Å². The highest BCUT2D eigenvalue weighted by molar-refractivity contribution is 5.85. The molecule has 144 valence electrons. The van der Waals surface area contributed by atoms with E-state index in [1.165, 1.54) is 55.0 Å². The normalized spacial score (nSPS) is 15.8. The lowest BCUT2D eigenvalue weighted by molar-refractivity contribution is -0.282. The Morgan fingerprint density at radius 3 is 2.73 bits per heavy atom. The second-order valence-corrected chi connectivity index (χ2v) is 7.36. The summed E-state index contributed by atoms with van der Waals surface area (Å²) in [6.45, 7) is 5.21. The van der Waals surface area contributed by atoms with Crippen molar-refractivity contribution in [3.05, 3.63) is 35.5 Å². The summed E-state index contributed by atoms with van der Waals surface area (Å²) in [4.78, 5) is 9.89. The molecule has 1 fully saturated rings. The van der Waals surface area contributed by atoms with Crippen molar-refractivity contribution in [3.63, 3.8) is 0 Å². The first-order chi connectivity index (χ1) is 12.8. The molecule has 1 aliphatic carbocycles. The lowest BCUT2D eigenvalue weighted by Gasteiger charge is -2.21. The van der Waals surface area contributed by atoms with E-state index in [4.69, 9.17) is 14.5 Å². The molecule has 1 aliphatic rings. The fourth-order valence-corrected chi connectivity index (χ4v) is 4.02. The van der Waals surface area contributed by atoms with Gasteiger partial charge in [0.2, 0.25) is 0 Å². The van der Waals surface area contributed by atoms with Crippen molar-refractivity contribution in [3.8, 4) is 0 Å². The van der Waals surface area contributed by atoms with Gasteiger partial charge in [-0.1, -0.05) is 44.7 Å². The zero-order valence-corrected chi connectivity index (χ0v) is 16.3. The Labute approximate surface area is 157 Å². The molecule has 1 aromatic heterocycles. The number of hydrogen-bond acceptors (Lipinski definition) is 3. The smallest absolute Gasteiger partial charge is 0.107 e. The summed E-state index contributed by atoms with van der Waals surface area (Å²) in [5, 5.41) is 1.40. The Bertz CT molecular complexity index is 673. The number of unbranched alkanes of at least 4 members (excludes halogenated alkanes) is 1. The molecule has 26 heavy (non-hydrogen) atoms. The second kappa shape index (κ2) is 10.1. The van der Waals surface area contributed by atoms with Crippen molar-refractivity contribution in [2.75, 3.05) is 20.3 Å². The van der Waals surface area contributed by atoms with Crippen LogP contribution in [0.4, 0.5) is 0 Å². The van der Waals surface area contributed by atoms with Gasteiger partial charge in [0.25, 0.3) is 0 Å². The van der Waals surface area contributed by atoms with Crippen molar-refractivity contribution in [2.24, 2.45) is 0 Å². The van der Waals surface area contributed by atoms with Crippen LogP contribution in [0.5, 0.6) is 0 Å². The van der Waals surface area contributed by atoms with Crippen LogP contribution >= 0.6 is 0 Å². The minimum absolute atomic E-state index is 0.476. The zero-order valence-electron chi connectivity index (χ0n) is 16.3. The van der Waals surface area contributed by atoms with E-state index in [1.807, 2.05) is 0 Å². The van der Waals surface area contributed by atoms with E-state index in [0.717, 1.165) is 31.7 Å². The molecule has 1 saturated carbocycles. The monoisotopic (exact) mass is 359 g/mol. The molecule has 0 aliphatic heterocycles. The maximum atomic E-state index is 5.81. The summed E-state index contributed by atoms with van der Waals surface area (Å²) in [6, 6.07) is 6.67. The van der Waals surface area contributed by atoms with Crippen molar-refractivity contribution in [1.82, 2.24) is 4.57 Å². The fourth-order valence-electron chi connectivity index (χ4n) is 4.02. The average Bonchev–Trinajstić information content (AvgIpc) is 3.05. The standard InChI is InChI=1S/C22H33NO3/c1-3-4-13-25-14-12-23-16-21(19-8-6-5-7-9-19)20-11-10-18(15-22(20)23)17-26-24-2/h10-11,15-16,19H,3-9,12-14,17H2,1-2H3. The minimum Gasteiger partial charge on any atom is -0.380 e. The number of benzene rings is 1. The molecule has 0 saturated heterocycles. The Morgan fingerprint density at radius 2 is 1.96 bits per heavy atom. The first-order valence-electron chi connectivity index (χ1n) is 10.2. The highest BCUT2D eigenvalue weighted by Gasteiger charge is 2.20. The predicted octanol–water partition coefficient (Wildman–Crippen LogP) is 5.58. The quantitative estimate of drug-likeness (QED) is 0.315. The topological polar surface area (TPSA) is 32.6 Å². The molecular formula is C22H33NO3. The van der Waals surface area contributed by atoms with E-state index in [1.54, 1.807) is 7.11 Å². The zero-order chi connectivity index (χ0) is 18.2. The van der Waals surface area contributed by atoms with E-state index in [9.17, 15) is 0 Å². The number of nitrogens with zero attached hydrogens (tertiary/aromatic N) is 1. The van der Waals surface area contributed by atoms with Crippen LogP contribution in [-0.4, -0.2) is 24.9 Å². The maximum Gasteiger partial charge on any atom is 0.107 e. The maximum absolute atomic E-state index is 5.81. The number of ether oxygens (including phenoxy) is 1. The molecule has 0 amide bonds. The Hall–Kier alpha value is -1.36. The summed E-state index contributed by atoms with van der Waals surface area (Å²) < 4.78 is 8.19. The van der Waals surface area contributed by atoms with Crippen LogP contribution in [0.1, 0.15) is 68.9 Å². The van der Waals surface area contributed by atoms with Crippen LogP contribution in [0.2, 0.25) is 0 Å². The van der Waals surface area contributed by atoms with Gasteiger partial charge >= 0.3 is 0 Å². The average molecular weight is 360 g/mol. The number of rotatable bonds is 10. The van der Waals surface area contributed by atoms with Crippen LogP contribution in [-0.2, 0) is 27.7 Å². The second-order valence-electron chi connectivity index (χ2n) is 7.36. The number of hydrogen-bond donors (Lipinski definition) is 0. The third-order valence-corrected chi connectivity index (χ3v) is 5.48. The summed E-state index contributed by atoms with van der Waals surface area (Å²) in [7, 11) is 1.55. The van der Waals surface area contributed by atoms with E-state index < -0.39 is 0 Å². The molecule has 0 atom stereocenters. The molecule has 1 heterocycles. The molecule has 4 heteroatoms. The molecule has 0 radical (unpaired) electrons. The summed E-state index contributed by atoms with van der Waals surface area (Å²) in [6.07, 6.45) is 11.4. The molecule has 2 aromatic rings. The Balaban J connectivity index is 1.81. The first-order valence-corrected chi connectivity index (χ1v) is 10.2. The number of aromatic nitrogens is 1. The highest BCUT2D eigenvalue weighted by atomic mass is 17.2. The van der Waals surface area contributed by atoms with Gasteiger partial charge < -0.3 is 9.30 Å². The van der Waals surface area contributed by atoms with Gasteiger partial charge in [-0.2, -0.15) is 0 Å². The summed E-state index contributed by atoms with van der Waals surface area (Å²) >= 11 is 0. The van der Waals surface area contributed by atoms with E-state index in [0.29, 0.717) is 12.5 Å². The summed E-state index contributed by atoms with van der Waals surface area (Å²) in [5.74, 6) is 0.703. The van der Waals surface area contributed by atoms with Gasteiger partial charge in [-0.3, -0.25) is 0 Å². The third kappa shape index (κ3) is 4.87. The van der Waals surface area contributed by atoms with Crippen LogP contribution < -0.4 is 0 Å². The van der Waals surface area contributed by atoms with Crippen LogP contribution in [0, 0.1) is 0 Å². The van der Waals surface area contributed by atoms with Crippen molar-refractivity contribution >= 4 is 10.9 Å². The first kappa shape index (κ1) is 19.4. The molecule has 3 rings (SSSR count). The van der Waals surface area contributed by atoms with Crippen LogP contribution in [0.25, 0.3) is 10.9 Å². The third-order valence-electron chi connectivity index (χ3n) is 5.48. The van der Waals surface area contributed by atoms with Gasteiger partial charge in [0.05, 0.1) is 13.7 Å². The lowest BCUT2D eigenvalue weighted by Crippen LogP contribution is -2.06. The van der Waals surface area contributed by atoms with E-state index in [2.05, 4.69) is 35.9 Å². The molecular weight excluding hydrogens is 326 g/mol.